The lowest BCUT2D eigenvalue weighted by atomic mass is 10.2. The summed E-state index contributed by atoms with van der Waals surface area (Å²) in [6.07, 6.45) is 2.00. The van der Waals surface area contributed by atoms with E-state index in [1.54, 1.807) is 0 Å². The van der Waals surface area contributed by atoms with Gasteiger partial charge in [-0.05, 0) is 18.9 Å². The zero-order valence-corrected chi connectivity index (χ0v) is 11.1. The molecule has 0 atom stereocenters. The van der Waals surface area contributed by atoms with E-state index in [9.17, 15) is 19.7 Å². The molecule has 1 aromatic rings. The van der Waals surface area contributed by atoms with Crippen LogP contribution in [0.15, 0.2) is 18.2 Å². The van der Waals surface area contributed by atoms with Gasteiger partial charge in [0.2, 0.25) is 5.91 Å². The molecule has 0 bridgehead atoms. The van der Waals surface area contributed by atoms with Crippen molar-refractivity contribution in [1.82, 2.24) is 5.32 Å². The third kappa shape index (κ3) is 4.16. The maximum atomic E-state index is 11.5. The van der Waals surface area contributed by atoms with Gasteiger partial charge in [-0.1, -0.05) is 0 Å². The maximum Gasteiger partial charge on any atom is 0.335 e. The summed E-state index contributed by atoms with van der Waals surface area (Å²) in [5, 5.41) is 22.5. The second-order valence-corrected chi connectivity index (χ2v) is 4.69. The first-order valence-electron chi connectivity index (χ1n) is 6.41. The number of nitrogens with zero attached hydrogens (tertiary/aromatic N) is 1. The molecule has 1 aliphatic carbocycles. The third-order valence-corrected chi connectivity index (χ3v) is 2.93. The van der Waals surface area contributed by atoms with E-state index in [4.69, 9.17) is 9.84 Å². The molecule has 2 N–H and O–H groups in total. The van der Waals surface area contributed by atoms with Crippen LogP contribution in [0.2, 0.25) is 0 Å². The number of carboxylic acid groups (broad SMARTS) is 1. The maximum absolute atomic E-state index is 11.5. The largest absolute Gasteiger partial charge is 0.486 e. The zero-order chi connectivity index (χ0) is 15.4. The van der Waals surface area contributed by atoms with Crippen LogP contribution in [0.1, 0.15) is 29.6 Å². The number of nitro groups is 1. The van der Waals surface area contributed by atoms with Gasteiger partial charge in [0.15, 0.2) is 5.75 Å². The molecule has 1 fully saturated rings. The van der Waals surface area contributed by atoms with Crippen LogP contribution in [0.5, 0.6) is 5.75 Å². The monoisotopic (exact) mass is 294 g/mol. The molecule has 21 heavy (non-hydrogen) atoms. The topological polar surface area (TPSA) is 119 Å². The lowest BCUT2D eigenvalue weighted by Crippen LogP contribution is -2.26. The Labute approximate surface area is 119 Å². The van der Waals surface area contributed by atoms with Crippen molar-refractivity contribution >= 4 is 17.6 Å². The number of carbonyl (C=O) groups is 2. The highest BCUT2D eigenvalue weighted by Gasteiger charge is 2.23. The Morgan fingerprint density at radius 3 is 2.71 bits per heavy atom. The van der Waals surface area contributed by atoms with E-state index in [0.29, 0.717) is 0 Å². The van der Waals surface area contributed by atoms with Gasteiger partial charge in [-0.2, -0.15) is 0 Å². The van der Waals surface area contributed by atoms with Gasteiger partial charge in [0.25, 0.3) is 0 Å². The molecule has 1 amide bonds. The van der Waals surface area contributed by atoms with Crippen molar-refractivity contribution < 1.29 is 24.4 Å². The second-order valence-electron chi connectivity index (χ2n) is 4.69. The summed E-state index contributed by atoms with van der Waals surface area (Å²) in [6.45, 7) is -0.0531. The number of carboxylic acids is 1. The molecule has 8 heteroatoms. The molecule has 0 saturated heterocycles. The minimum atomic E-state index is -1.21. The summed E-state index contributed by atoms with van der Waals surface area (Å²) < 4.78 is 5.20. The Morgan fingerprint density at radius 2 is 2.14 bits per heavy atom. The quantitative estimate of drug-likeness (QED) is 0.578. The molecular weight excluding hydrogens is 280 g/mol. The van der Waals surface area contributed by atoms with Crippen LogP contribution in [0, 0.1) is 10.1 Å². The van der Waals surface area contributed by atoms with Gasteiger partial charge in [-0.15, -0.1) is 0 Å². The molecule has 8 nitrogen and oxygen atoms in total. The van der Waals surface area contributed by atoms with Crippen LogP contribution in [0.25, 0.3) is 0 Å². The molecule has 0 aliphatic heterocycles. The minimum absolute atomic E-state index is 0.0531. The second kappa shape index (κ2) is 6.21. The van der Waals surface area contributed by atoms with E-state index in [1.165, 1.54) is 0 Å². The molecule has 0 spiro atoms. The van der Waals surface area contributed by atoms with E-state index >= 15 is 0 Å². The highest BCUT2D eigenvalue weighted by molar-refractivity contribution is 5.88. The van der Waals surface area contributed by atoms with Gasteiger partial charge in [0.05, 0.1) is 23.5 Å². The molecular formula is C13H14N2O6. The molecule has 2 rings (SSSR count). The van der Waals surface area contributed by atoms with Crippen molar-refractivity contribution in [2.24, 2.45) is 0 Å². The first-order valence-corrected chi connectivity index (χ1v) is 6.41. The van der Waals surface area contributed by atoms with Gasteiger partial charge in [-0.3, -0.25) is 14.9 Å². The fraction of sp³-hybridized carbons (Fsp3) is 0.385. The number of aromatic carboxylic acids is 1. The number of benzene rings is 1. The molecule has 0 aromatic heterocycles. The van der Waals surface area contributed by atoms with Crippen LogP contribution < -0.4 is 10.1 Å². The van der Waals surface area contributed by atoms with Crippen LogP contribution in [0.4, 0.5) is 5.69 Å². The molecule has 1 aliphatic rings. The Hall–Kier alpha value is -2.64. The van der Waals surface area contributed by atoms with Gasteiger partial charge in [0, 0.05) is 18.2 Å². The number of hydrogen-bond acceptors (Lipinski definition) is 5. The van der Waals surface area contributed by atoms with Crippen molar-refractivity contribution in [2.75, 3.05) is 6.61 Å². The average molecular weight is 294 g/mol. The number of nitro benzene ring substituents is 1. The van der Waals surface area contributed by atoms with Crippen molar-refractivity contribution in [1.29, 1.82) is 0 Å². The zero-order valence-electron chi connectivity index (χ0n) is 11.1. The first kappa shape index (κ1) is 14.8. The Balaban J connectivity index is 1.98. The number of rotatable bonds is 7. The SMILES string of the molecule is O=C(CCOc1cc(C(=O)O)ccc1[N+](=O)[O-])NC1CC1. The summed E-state index contributed by atoms with van der Waals surface area (Å²) in [5.74, 6) is -1.55. The lowest BCUT2D eigenvalue weighted by molar-refractivity contribution is -0.385. The Bertz CT molecular complexity index is 582. The van der Waals surface area contributed by atoms with Crippen LogP contribution in [-0.4, -0.2) is 34.6 Å². The van der Waals surface area contributed by atoms with Crippen molar-refractivity contribution in [3.63, 3.8) is 0 Å². The molecule has 0 unspecified atom stereocenters. The molecule has 1 saturated carbocycles. The number of nitrogens with one attached hydrogen (secondary N) is 1. The average Bonchev–Trinajstić information content (AvgIpc) is 3.22. The van der Waals surface area contributed by atoms with E-state index < -0.39 is 10.9 Å². The Kier molecular flexibility index (Phi) is 4.36. The van der Waals surface area contributed by atoms with Gasteiger partial charge >= 0.3 is 11.7 Å². The number of amides is 1. The Morgan fingerprint density at radius 1 is 1.43 bits per heavy atom. The van der Waals surface area contributed by atoms with Crippen molar-refractivity contribution in [3.05, 3.63) is 33.9 Å². The van der Waals surface area contributed by atoms with Gasteiger partial charge in [-0.25, -0.2) is 4.79 Å². The highest BCUT2D eigenvalue weighted by Crippen LogP contribution is 2.28. The van der Waals surface area contributed by atoms with Gasteiger partial charge < -0.3 is 15.2 Å². The lowest BCUT2D eigenvalue weighted by Gasteiger charge is -2.08. The number of hydrogen-bond donors (Lipinski definition) is 2. The van der Waals surface area contributed by atoms with Crippen LogP contribution in [0.3, 0.4) is 0 Å². The highest BCUT2D eigenvalue weighted by atomic mass is 16.6. The van der Waals surface area contributed by atoms with Crippen molar-refractivity contribution in [2.45, 2.75) is 25.3 Å². The molecule has 0 radical (unpaired) electrons. The van der Waals surface area contributed by atoms with Crippen molar-refractivity contribution in [3.8, 4) is 5.75 Å². The van der Waals surface area contributed by atoms with Gasteiger partial charge in [0.1, 0.15) is 0 Å². The fourth-order valence-corrected chi connectivity index (χ4v) is 1.69. The fourth-order valence-electron chi connectivity index (χ4n) is 1.69. The summed E-state index contributed by atoms with van der Waals surface area (Å²) in [6, 6.07) is 3.53. The van der Waals surface area contributed by atoms with Crippen LogP contribution >= 0.6 is 0 Å². The number of ether oxygens (including phenoxy) is 1. The van der Waals surface area contributed by atoms with E-state index in [-0.39, 0.29) is 42.0 Å². The summed E-state index contributed by atoms with van der Waals surface area (Å²) in [4.78, 5) is 32.5. The first-order chi connectivity index (χ1) is 9.97. The smallest absolute Gasteiger partial charge is 0.335 e. The normalized spacial score (nSPS) is 13.5. The standard InChI is InChI=1S/C13H14N2O6/c16-12(14-9-2-3-9)5-6-21-11-7-8(13(17)18)1-4-10(11)15(19)20/h1,4,7,9H,2-3,5-6H2,(H,14,16)(H,17,18). The van der Waals surface area contributed by atoms with E-state index in [1.807, 2.05) is 0 Å². The van der Waals surface area contributed by atoms with Crippen LogP contribution in [-0.2, 0) is 4.79 Å². The predicted octanol–water partition coefficient (Wildman–Crippen LogP) is 1.34. The minimum Gasteiger partial charge on any atom is -0.486 e. The molecule has 0 heterocycles. The summed E-state index contributed by atoms with van der Waals surface area (Å²) in [5.41, 5.74) is -0.444. The molecule has 1 aromatic carbocycles. The number of carbonyl (C=O) groups excluding carboxylic acids is 1. The van der Waals surface area contributed by atoms with E-state index in [0.717, 1.165) is 31.0 Å². The summed E-state index contributed by atoms with van der Waals surface area (Å²) in [7, 11) is 0. The molecule has 112 valence electrons. The predicted molar refractivity (Wildman–Crippen MR) is 71.3 cm³/mol. The van der Waals surface area contributed by atoms with E-state index in [2.05, 4.69) is 5.32 Å². The summed E-state index contributed by atoms with van der Waals surface area (Å²) >= 11 is 0. The third-order valence-electron chi connectivity index (χ3n) is 2.93.